The maximum Gasteiger partial charge on any atom is 0.407 e. The number of anilines is 1. The van der Waals surface area contributed by atoms with Crippen molar-refractivity contribution in [1.29, 1.82) is 0 Å². The topological polar surface area (TPSA) is 98.2 Å². The Labute approximate surface area is 185 Å². The Morgan fingerprint density at radius 3 is 2.50 bits per heavy atom. The lowest BCUT2D eigenvalue weighted by Crippen LogP contribution is -2.55. The molecule has 1 N–H and O–H groups in total. The Balaban J connectivity index is 1.56. The van der Waals surface area contributed by atoms with Gasteiger partial charge in [0, 0.05) is 37.9 Å². The summed E-state index contributed by atoms with van der Waals surface area (Å²) in [5.74, 6) is -1.06. The molecule has 0 spiro atoms. The van der Waals surface area contributed by atoms with Crippen LogP contribution in [0.2, 0.25) is 0 Å². The van der Waals surface area contributed by atoms with Gasteiger partial charge in [0.2, 0.25) is 15.7 Å². The molecule has 1 fully saturated rings. The van der Waals surface area contributed by atoms with Crippen molar-refractivity contribution in [3.05, 3.63) is 53.8 Å². The van der Waals surface area contributed by atoms with Crippen LogP contribution in [0.1, 0.15) is 12.5 Å². The third-order valence-electron chi connectivity index (χ3n) is 5.99. The van der Waals surface area contributed by atoms with Crippen molar-refractivity contribution < 1.29 is 27.5 Å². The number of benzene rings is 2. The number of piperazine rings is 1. The molecule has 170 valence electrons. The smallest absolute Gasteiger partial charge is 0.407 e. The molecule has 2 aromatic carbocycles. The van der Waals surface area contributed by atoms with Crippen LogP contribution in [0, 0.1) is 5.82 Å². The van der Waals surface area contributed by atoms with Crippen molar-refractivity contribution in [3.63, 3.8) is 0 Å². The fraction of sp³-hybridized carbons (Fsp3) is 0.364. The summed E-state index contributed by atoms with van der Waals surface area (Å²) in [5, 5.41) is 9.21. The molecule has 32 heavy (non-hydrogen) atoms. The first-order valence-electron chi connectivity index (χ1n) is 10.3. The van der Waals surface area contributed by atoms with E-state index in [-0.39, 0.29) is 23.4 Å². The van der Waals surface area contributed by atoms with E-state index in [9.17, 15) is 27.5 Å². The summed E-state index contributed by atoms with van der Waals surface area (Å²) in [6.07, 6.45) is -0.543. The third-order valence-corrected chi connectivity index (χ3v) is 7.77. The monoisotopic (exact) mass is 461 g/mol. The van der Waals surface area contributed by atoms with Crippen LogP contribution in [0.15, 0.2) is 52.3 Å². The van der Waals surface area contributed by atoms with Crippen LogP contribution in [-0.4, -0.2) is 74.1 Å². The number of fused-ring (bicyclic) bond motifs is 1. The third kappa shape index (κ3) is 4.07. The molecule has 2 aliphatic rings. The molecule has 2 aromatic rings. The number of carbonyl (C=O) groups is 2. The van der Waals surface area contributed by atoms with Crippen molar-refractivity contribution in [2.45, 2.75) is 29.2 Å². The second-order valence-corrected chi connectivity index (χ2v) is 10.0. The van der Waals surface area contributed by atoms with Gasteiger partial charge in [-0.05, 0) is 43.2 Å². The Kier molecular flexibility index (Phi) is 5.91. The van der Waals surface area contributed by atoms with E-state index >= 15 is 0 Å². The molecule has 2 heterocycles. The maximum atomic E-state index is 14.7. The van der Waals surface area contributed by atoms with Crippen LogP contribution in [0.5, 0.6) is 0 Å². The minimum Gasteiger partial charge on any atom is -0.465 e. The number of carbonyl (C=O) groups excluding carboxylic acids is 1. The molecule has 2 amide bonds. The second kappa shape index (κ2) is 8.51. The van der Waals surface area contributed by atoms with Crippen molar-refractivity contribution in [2.24, 2.45) is 0 Å². The molecule has 10 heteroatoms. The van der Waals surface area contributed by atoms with Crippen LogP contribution >= 0.6 is 0 Å². The highest BCUT2D eigenvalue weighted by Crippen LogP contribution is 2.34. The fourth-order valence-electron chi connectivity index (χ4n) is 4.32. The predicted octanol–water partition coefficient (Wildman–Crippen LogP) is 2.23. The fourth-order valence-corrected chi connectivity index (χ4v) is 5.67. The van der Waals surface area contributed by atoms with Crippen LogP contribution in [0.25, 0.3) is 0 Å². The van der Waals surface area contributed by atoms with Gasteiger partial charge in [0.05, 0.1) is 11.4 Å². The summed E-state index contributed by atoms with van der Waals surface area (Å²) in [5.41, 5.74) is 0.995. The Morgan fingerprint density at radius 1 is 1.12 bits per heavy atom. The zero-order valence-corrected chi connectivity index (χ0v) is 18.4. The van der Waals surface area contributed by atoms with Gasteiger partial charge in [-0.1, -0.05) is 18.2 Å². The van der Waals surface area contributed by atoms with Crippen LogP contribution in [-0.2, 0) is 21.1 Å². The average molecular weight is 462 g/mol. The Hall–Kier alpha value is -2.98. The van der Waals surface area contributed by atoms with Crippen molar-refractivity contribution in [3.8, 4) is 0 Å². The average Bonchev–Trinajstić information content (AvgIpc) is 3.16. The molecule has 0 unspecified atom stereocenters. The highest BCUT2D eigenvalue weighted by Gasteiger charge is 2.33. The van der Waals surface area contributed by atoms with Crippen LogP contribution in [0.3, 0.4) is 0 Å². The van der Waals surface area contributed by atoms with E-state index < -0.39 is 26.6 Å². The zero-order chi connectivity index (χ0) is 23.0. The van der Waals surface area contributed by atoms with E-state index in [1.54, 1.807) is 25.1 Å². The van der Waals surface area contributed by atoms with Gasteiger partial charge >= 0.3 is 6.09 Å². The van der Waals surface area contributed by atoms with Gasteiger partial charge < -0.3 is 14.9 Å². The molecule has 0 aromatic heterocycles. The summed E-state index contributed by atoms with van der Waals surface area (Å²) in [6, 6.07) is 9.84. The molecule has 4 rings (SSSR count). The lowest BCUT2D eigenvalue weighted by molar-refractivity contribution is -0.120. The molecule has 1 saturated heterocycles. The molecule has 0 bridgehead atoms. The van der Waals surface area contributed by atoms with Gasteiger partial charge in [-0.15, -0.1) is 0 Å². The van der Waals surface area contributed by atoms with E-state index in [0.29, 0.717) is 43.9 Å². The van der Waals surface area contributed by atoms with Gasteiger partial charge in [-0.2, -0.15) is 0 Å². The molecule has 0 radical (unpaired) electrons. The first kappa shape index (κ1) is 22.2. The minimum absolute atomic E-state index is 0.0139. The standard InChI is InChI=1S/C22H24FN3O5S/c1-15-13-24(9-10-25(15)22(28)29)14-21(27)26-8-7-16-11-18(23)20(12-19(16)26)32(30,31)17-5-3-2-4-6-17/h2-6,11-12,15H,7-10,13-14H2,1H3,(H,28,29)/t15-/m1/s1. The first-order valence-corrected chi connectivity index (χ1v) is 11.8. The summed E-state index contributed by atoms with van der Waals surface area (Å²) >= 11 is 0. The van der Waals surface area contributed by atoms with Gasteiger partial charge in [-0.3, -0.25) is 9.69 Å². The maximum absolute atomic E-state index is 14.7. The number of rotatable bonds is 4. The number of hydrogen-bond donors (Lipinski definition) is 1. The number of carboxylic acid groups (broad SMARTS) is 1. The molecule has 0 saturated carbocycles. The van der Waals surface area contributed by atoms with Gasteiger partial charge in [0.1, 0.15) is 10.7 Å². The molecular weight excluding hydrogens is 437 g/mol. The van der Waals surface area contributed by atoms with E-state index in [4.69, 9.17) is 0 Å². The lowest BCUT2D eigenvalue weighted by Gasteiger charge is -2.38. The largest absolute Gasteiger partial charge is 0.465 e. The van der Waals surface area contributed by atoms with E-state index in [0.717, 1.165) is 0 Å². The molecule has 1 atom stereocenters. The van der Waals surface area contributed by atoms with Gasteiger partial charge in [0.15, 0.2) is 0 Å². The Bertz CT molecular complexity index is 1160. The summed E-state index contributed by atoms with van der Waals surface area (Å²) in [4.78, 5) is 28.5. The molecule has 8 nitrogen and oxygen atoms in total. The van der Waals surface area contributed by atoms with Gasteiger partial charge in [0.25, 0.3) is 0 Å². The summed E-state index contributed by atoms with van der Waals surface area (Å²) in [6.45, 7) is 3.38. The molecular formula is C22H24FN3O5S. The van der Waals surface area contributed by atoms with E-state index in [2.05, 4.69) is 0 Å². The van der Waals surface area contributed by atoms with Crippen molar-refractivity contribution in [2.75, 3.05) is 37.6 Å². The van der Waals surface area contributed by atoms with Crippen LogP contribution in [0.4, 0.5) is 14.9 Å². The minimum atomic E-state index is -4.07. The first-order chi connectivity index (χ1) is 15.2. The second-order valence-electron chi connectivity index (χ2n) is 8.08. The zero-order valence-electron chi connectivity index (χ0n) is 17.6. The number of amides is 2. The lowest BCUT2D eigenvalue weighted by atomic mass is 10.1. The number of hydrogen-bond acceptors (Lipinski definition) is 5. The summed E-state index contributed by atoms with van der Waals surface area (Å²) < 4.78 is 40.7. The predicted molar refractivity (Wildman–Crippen MR) is 115 cm³/mol. The number of sulfone groups is 1. The molecule has 0 aliphatic carbocycles. The highest BCUT2D eigenvalue weighted by molar-refractivity contribution is 7.91. The molecule has 2 aliphatic heterocycles. The normalized spacial score (nSPS) is 19.1. The van der Waals surface area contributed by atoms with Gasteiger partial charge in [-0.25, -0.2) is 17.6 Å². The van der Waals surface area contributed by atoms with E-state index in [1.165, 1.54) is 34.1 Å². The quantitative estimate of drug-likeness (QED) is 0.750. The Morgan fingerprint density at radius 2 is 1.84 bits per heavy atom. The summed E-state index contributed by atoms with van der Waals surface area (Å²) in [7, 11) is -4.07. The number of nitrogens with zero attached hydrogens (tertiary/aromatic N) is 3. The van der Waals surface area contributed by atoms with Crippen molar-refractivity contribution in [1.82, 2.24) is 9.80 Å². The highest BCUT2D eigenvalue weighted by atomic mass is 32.2. The van der Waals surface area contributed by atoms with Crippen molar-refractivity contribution >= 4 is 27.5 Å². The SMILES string of the molecule is C[C@@H]1CN(CC(=O)N2CCc3cc(F)c(S(=O)(=O)c4ccccc4)cc32)CCN1C(=O)O. The van der Waals surface area contributed by atoms with Crippen LogP contribution < -0.4 is 4.90 Å². The number of halogens is 1. The van der Waals surface area contributed by atoms with E-state index in [1.807, 2.05) is 4.90 Å².